The number of rotatable bonds is 2. The van der Waals surface area contributed by atoms with E-state index in [2.05, 4.69) is 48.5 Å². The average molecular weight is 296 g/mol. The van der Waals surface area contributed by atoms with Gasteiger partial charge < -0.3 is 4.74 Å². The fraction of sp³-hybridized carbons (Fsp3) is 0. The molecule has 23 heavy (non-hydrogen) atoms. The number of ether oxygens (including phenoxy) is 1. The first-order chi connectivity index (χ1) is 11.4. The average Bonchev–Trinajstić information content (AvgIpc) is 2.60. The summed E-state index contributed by atoms with van der Waals surface area (Å²) in [6.07, 6.45) is 0. The summed E-state index contributed by atoms with van der Waals surface area (Å²) in [5, 5.41) is 9.52. The molecule has 0 amide bonds. The predicted octanol–water partition coefficient (Wildman–Crippen LogP) is 5.27. The van der Waals surface area contributed by atoms with E-state index in [0.29, 0.717) is 12.2 Å². The minimum absolute atomic E-state index is 0.488. The zero-order valence-electron chi connectivity index (χ0n) is 12.2. The fourth-order valence-electron chi connectivity index (χ4n) is 3.77. The van der Waals surface area contributed by atoms with E-state index in [9.17, 15) is 4.79 Å². The zero-order valence-corrected chi connectivity index (χ0v) is 12.2. The van der Waals surface area contributed by atoms with Gasteiger partial charge in [-0.1, -0.05) is 54.6 Å². The molecule has 0 saturated carbocycles. The van der Waals surface area contributed by atoms with Crippen molar-refractivity contribution in [3.8, 4) is 5.75 Å². The Morgan fingerprint density at radius 2 is 1.17 bits per heavy atom. The first-order valence-electron chi connectivity index (χ1n) is 7.57. The number of carbonyl (C=O) groups excluding carboxylic acids is 1. The molecule has 0 unspecified atom stereocenters. The summed E-state index contributed by atoms with van der Waals surface area (Å²) in [7, 11) is 0. The van der Waals surface area contributed by atoms with Gasteiger partial charge in [0, 0.05) is 10.8 Å². The molecule has 2 nitrogen and oxygen atoms in total. The molecule has 0 radical (unpaired) electrons. The number of benzene rings is 5. The standard InChI is InChI=1S/C21H12O2/c22-12-23-19-11-10-17-15-7-2-5-13-4-1-6-14(20(13)15)16-8-3-9-18(19)21(16)17/h1-12H. The number of fused-ring (bicyclic) bond motifs is 2. The molecule has 0 fully saturated rings. The van der Waals surface area contributed by atoms with Crippen molar-refractivity contribution in [1.82, 2.24) is 0 Å². The van der Waals surface area contributed by atoms with Gasteiger partial charge in [0.1, 0.15) is 5.75 Å². The molecule has 0 saturated heterocycles. The van der Waals surface area contributed by atoms with Crippen LogP contribution in [0.1, 0.15) is 0 Å². The van der Waals surface area contributed by atoms with Crippen LogP contribution in [0.4, 0.5) is 0 Å². The Morgan fingerprint density at radius 1 is 0.609 bits per heavy atom. The highest BCUT2D eigenvalue weighted by Gasteiger charge is 2.14. The van der Waals surface area contributed by atoms with Crippen LogP contribution in [0.3, 0.4) is 0 Å². The van der Waals surface area contributed by atoms with Gasteiger partial charge in [-0.3, -0.25) is 4.79 Å². The minimum atomic E-state index is 0.488. The van der Waals surface area contributed by atoms with Crippen LogP contribution < -0.4 is 4.74 Å². The summed E-state index contributed by atoms with van der Waals surface area (Å²) in [4.78, 5) is 10.8. The summed E-state index contributed by atoms with van der Waals surface area (Å²) in [6.45, 7) is 0.488. The topological polar surface area (TPSA) is 26.3 Å². The molecule has 0 aliphatic carbocycles. The third-order valence-electron chi connectivity index (χ3n) is 4.66. The molecular formula is C21H12O2. The van der Waals surface area contributed by atoms with Gasteiger partial charge in [0.15, 0.2) is 0 Å². The summed E-state index contributed by atoms with van der Waals surface area (Å²) >= 11 is 0. The third-order valence-corrected chi connectivity index (χ3v) is 4.66. The van der Waals surface area contributed by atoms with Gasteiger partial charge in [0.05, 0.1) is 0 Å². The Bertz CT molecular complexity index is 1150. The van der Waals surface area contributed by atoms with Crippen molar-refractivity contribution in [3.05, 3.63) is 66.7 Å². The van der Waals surface area contributed by atoms with Gasteiger partial charge >= 0.3 is 0 Å². The zero-order chi connectivity index (χ0) is 15.4. The van der Waals surface area contributed by atoms with Crippen LogP contribution in [0.25, 0.3) is 43.1 Å². The molecule has 5 aromatic carbocycles. The highest BCUT2D eigenvalue weighted by molar-refractivity contribution is 6.33. The van der Waals surface area contributed by atoms with Crippen molar-refractivity contribution in [3.63, 3.8) is 0 Å². The largest absolute Gasteiger partial charge is 0.428 e. The molecule has 2 heteroatoms. The quantitative estimate of drug-likeness (QED) is 0.252. The van der Waals surface area contributed by atoms with Gasteiger partial charge in [-0.25, -0.2) is 0 Å². The SMILES string of the molecule is O=COc1ccc2c3cccc4cccc(c5cccc1c52)c43. The highest BCUT2D eigenvalue weighted by Crippen LogP contribution is 2.42. The van der Waals surface area contributed by atoms with E-state index in [1.165, 1.54) is 32.3 Å². The van der Waals surface area contributed by atoms with Crippen molar-refractivity contribution in [1.29, 1.82) is 0 Å². The number of hydrogen-bond donors (Lipinski definition) is 0. The Hall–Kier alpha value is -3.13. The molecule has 0 N–H and O–H groups in total. The second-order valence-corrected chi connectivity index (χ2v) is 5.76. The normalized spacial score (nSPS) is 11.7. The maximum absolute atomic E-state index is 10.8. The second-order valence-electron chi connectivity index (χ2n) is 5.76. The van der Waals surface area contributed by atoms with E-state index in [1.54, 1.807) is 0 Å². The van der Waals surface area contributed by atoms with Gasteiger partial charge in [0.2, 0.25) is 0 Å². The van der Waals surface area contributed by atoms with E-state index < -0.39 is 0 Å². The van der Waals surface area contributed by atoms with Gasteiger partial charge in [-0.2, -0.15) is 0 Å². The molecule has 0 aromatic heterocycles. The molecule has 108 valence electrons. The summed E-state index contributed by atoms with van der Waals surface area (Å²) in [5.41, 5.74) is 0. The Balaban J connectivity index is 2.16. The molecular weight excluding hydrogens is 284 g/mol. The van der Waals surface area contributed by atoms with E-state index in [4.69, 9.17) is 4.74 Å². The van der Waals surface area contributed by atoms with Crippen LogP contribution in [-0.4, -0.2) is 6.47 Å². The molecule has 0 bridgehead atoms. The van der Waals surface area contributed by atoms with Gasteiger partial charge in [-0.15, -0.1) is 0 Å². The number of carbonyl (C=O) groups is 1. The lowest BCUT2D eigenvalue weighted by Gasteiger charge is -2.15. The number of hydrogen-bond acceptors (Lipinski definition) is 2. The van der Waals surface area contributed by atoms with Crippen LogP contribution >= 0.6 is 0 Å². The second kappa shape index (κ2) is 4.43. The fourth-order valence-corrected chi connectivity index (χ4v) is 3.77. The highest BCUT2D eigenvalue weighted by atomic mass is 16.5. The maximum atomic E-state index is 10.8. The van der Waals surface area contributed by atoms with Crippen LogP contribution in [0.5, 0.6) is 5.75 Å². The molecule has 5 aromatic rings. The molecule has 0 aliphatic heterocycles. The van der Waals surface area contributed by atoms with E-state index in [0.717, 1.165) is 10.8 Å². The smallest absolute Gasteiger partial charge is 0.298 e. The van der Waals surface area contributed by atoms with Crippen molar-refractivity contribution >= 4 is 49.6 Å². The Labute approximate surface area is 132 Å². The van der Waals surface area contributed by atoms with Crippen molar-refractivity contribution in [2.24, 2.45) is 0 Å². The maximum Gasteiger partial charge on any atom is 0.298 e. The molecule has 0 atom stereocenters. The van der Waals surface area contributed by atoms with Crippen LogP contribution in [0.15, 0.2) is 66.7 Å². The van der Waals surface area contributed by atoms with Crippen LogP contribution in [-0.2, 0) is 4.79 Å². The van der Waals surface area contributed by atoms with Crippen molar-refractivity contribution in [2.75, 3.05) is 0 Å². The molecule has 0 aliphatic rings. The lowest BCUT2D eigenvalue weighted by atomic mass is 9.90. The van der Waals surface area contributed by atoms with E-state index in [-0.39, 0.29) is 0 Å². The molecule has 0 heterocycles. The van der Waals surface area contributed by atoms with Crippen LogP contribution in [0.2, 0.25) is 0 Å². The van der Waals surface area contributed by atoms with E-state index >= 15 is 0 Å². The first-order valence-corrected chi connectivity index (χ1v) is 7.57. The Morgan fingerprint density at radius 3 is 1.87 bits per heavy atom. The third kappa shape index (κ3) is 1.55. The molecule has 5 rings (SSSR count). The lowest BCUT2D eigenvalue weighted by molar-refractivity contribution is -0.120. The van der Waals surface area contributed by atoms with Gasteiger partial charge in [0.25, 0.3) is 6.47 Å². The summed E-state index contributed by atoms with van der Waals surface area (Å²) < 4.78 is 5.18. The first kappa shape index (κ1) is 12.4. The molecule has 0 spiro atoms. The van der Waals surface area contributed by atoms with Crippen LogP contribution in [0, 0.1) is 0 Å². The lowest BCUT2D eigenvalue weighted by Crippen LogP contribution is -1.92. The predicted molar refractivity (Wildman–Crippen MR) is 94.3 cm³/mol. The monoisotopic (exact) mass is 296 g/mol. The summed E-state index contributed by atoms with van der Waals surface area (Å²) in [5.74, 6) is 0.604. The van der Waals surface area contributed by atoms with E-state index in [1.807, 2.05) is 18.2 Å². The summed E-state index contributed by atoms with van der Waals surface area (Å²) in [6, 6.07) is 22.9. The van der Waals surface area contributed by atoms with Crippen molar-refractivity contribution < 1.29 is 9.53 Å². The van der Waals surface area contributed by atoms with Crippen molar-refractivity contribution in [2.45, 2.75) is 0 Å². The minimum Gasteiger partial charge on any atom is -0.428 e. The van der Waals surface area contributed by atoms with Gasteiger partial charge in [-0.05, 0) is 44.5 Å². The Kier molecular flexibility index (Phi) is 2.39.